The Morgan fingerprint density at radius 3 is 3.13 bits per heavy atom. The van der Waals surface area contributed by atoms with E-state index in [0.717, 1.165) is 24.3 Å². The van der Waals surface area contributed by atoms with Crippen molar-refractivity contribution in [3.8, 4) is 0 Å². The number of fused-ring (bicyclic) bond motifs is 1. The summed E-state index contributed by atoms with van der Waals surface area (Å²) in [6.07, 6.45) is 5.35. The van der Waals surface area contributed by atoms with Crippen molar-refractivity contribution < 1.29 is 0 Å². The number of piperidine rings is 1. The molecule has 1 aliphatic heterocycles. The SMILES string of the molecule is c1cc2[nH]c(C3CCCCN3)nc2nn1. The quantitative estimate of drug-likeness (QED) is 0.730. The summed E-state index contributed by atoms with van der Waals surface area (Å²) in [5, 5.41) is 11.2. The van der Waals surface area contributed by atoms with Crippen LogP contribution in [0.5, 0.6) is 0 Å². The molecule has 1 unspecified atom stereocenters. The Labute approximate surface area is 87.3 Å². The molecule has 78 valence electrons. The second-order valence-electron chi connectivity index (χ2n) is 3.89. The number of nitrogens with zero attached hydrogens (tertiary/aromatic N) is 3. The Bertz CT molecular complexity index is 425. The summed E-state index contributed by atoms with van der Waals surface area (Å²) in [5.74, 6) is 0.991. The van der Waals surface area contributed by atoms with Gasteiger partial charge in [-0.15, -0.1) is 5.10 Å². The molecule has 5 heteroatoms. The molecule has 5 nitrogen and oxygen atoms in total. The van der Waals surface area contributed by atoms with Gasteiger partial charge in [-0.25, -0.2) is 4.98 Å². The van der Waals surface area contributed by atoms with Crippen molar-refractivity contribution in [2.24, 2.45) is 0 Å². The smallest absolute Gasteiger partial charge is 0.199 e. The van der Waals surface area contributed by atoms with Crippen LogP contribution in [0.15, 0.2) is 12.3 Å². The Morgan fingerprint density at radius 1 is 1.33 bits per heavy atom. The van der Waals surface area contributed by atoms with Gasteiger partial charge in [0, 0.05) is 0 Å². The van der Waals surface area contributed by atoms with E-state index in [-0.39, 0.29) is 0 Å². The molecule has 2 aromatic heterocycles. The van der Waals surface area contributed by atoms with E-state index >= 15 is 0 Å². The summed E-state index contributed by atoms with van der Waals surface area (Å²) in [5.41, 5.74) is 1.67. The standard InChI is InChI=1S/C10H13N5/c1-2-5-11-7(3-1)9-13-8-4-6-12-15-10(8)14-9/h4,6-7,11H,1-3,5H2,(H,13,14,15). The van der Waals surface area contributed by atoms with Crippen molar-refractivity contribution in [1.29, 1.82) is 0 Å². The molecule has 0 aromatic carbocycles. The molecule has 2 aromatic rings. The number of H-pyrrole nitrogens is 1. The lowest BCUT2D eigenvalue weighted by Crippen LogP contribution is -2.27. The van der Waals surface area contributed by atoms with E-state index in [1.54, 1.807) is 6.20 Å². The molecule has 0 aliphatic carbocycles. The Balaban J connectivity index is 1.96. The lowest BCUT2D eigenvalue weighted by Gasteiger charge is -2.21. The van der Waals surface area contributed by atoms with Crippen molar-refractivity contribution in [3.05, 3.63) is 18.1 Å². The molecule has 3 rings (SSSR count). The summed E-state index contributed by atoms with van der Waals surface area (Å²) in [4.78, 5) is 7.73. The third-order valence-electron chi connectivity index (χ3n) is 2.83. The van der Waals surface area contributed by atoms with Crippen LogP contribution in [0.3, 0.4) is 0 Å². The number of aromatic amines is 1. The van der Waals surface area contributed by atoms with Gasteiger partial charge in [-0.1, -0.05) is 6.42 Å². The van der Waals surface area contributed by atoms with Gasteiger partial charge < -0.3 is 10.3 Å². The van der Waals surface area contributed by atoms with Crippen LogP contribution in [-0.2, 0) is 0 Å². The van der Waals surface area contributed by atoms with Gasteiger partial charge in [-0.2, -0.15) is 5.10 Å². The highest BCUT2D eigenvalue weighted by Gasteiger charge is 2.18. The highest BCUT2D eigenvalue weighted by Crippen LogP contribution is 2.21. The first-order valence-corrected chi connectivity index (χ1v) is 5.34. The van der Waals surface area contributed by atoms with Gasteiger partial charge in [0.15, 0.2) is 5.65 Å². The van der Waals surface area contributed by atoms with E-state index in [4.69, 9.17) is 0 Å². The lowest BCUT2D eigenvalue weighted by atomic mass is 10.0. The molecule has 2 N–H and O–H groups in total. The molecule has 1 atom stereocenters. The second kappa shape index (κ2) is 3.58. The molecule has 0 spiro atoms. The molecule has 3 heterocycles. The molecule has 1 fully saturated rings. The fraction of sp³-hybridized carbons (Fsp3) is 0.500. The van der Waals surface area contributed by atoms with E-state index in [2.05, 4.69) is 25.5 Å². The number of rotatable bonds is 1. The molecule has 15 heavy (non-hydrogen) atoms. The molecule has 1 saturated heterocycles. The van der Waals surface area contributed by atoms with Crippen LogP contribution in [0.25, 0.3) is 11.2 Å². The predicted octanol–water partition coefficient (Wildman–Crippen LogP) is 1.17. The molecule has 0 amide bonds. The highest BCUT2D eigenvalue weighted by molar-refractivity contribution is 5.69. The minimum Gasteiger partial charge on any atom is -0.339 e. The minimum absolute atomic E-state index is 0.355. The van der Waals surface area contributed by atoms with Crippen molar-refractivity contribution >= 4 is 11.2 Å². The third kappa shape index (κ3) is 1.59. The molecule has 1 aliphatic rings. The van der Waals surface area contributed by atoms with Gasteiger partial charge in [-0.3, -0.25) is 0 Å². The summed E-state index contributed by atoms with van der Waals surface area (Å²) in [6, 6.07) is 2.26. The first-order chi connectivity index (χ1) is 7.43. The van der Waals surface area contributed by atoms with Gasteiger partial charge in [0.1, 0.15) is 5.82 Å². The zero-order chi connectivity index (χ0) is 10.1. The van der Waals surface area contributed by atoms with E-state index < -0.39 is 0 Å². The summed E-state index contributed by atoms with van der Waals surface area (Å²) < 4.78 is 0. The summed E-state index contributed by atoms with van der Waals surface area (Å²) >= 11 is 0. The second-order valence-corrected chi connectivity index (χ2v) is 3.89. The number of imidazole rings is 1. The third-order valence-corrected chi connectivity index (χ3v) is 2.83. The Hall–Kier alpha value is -1.49. The molecule has 0 bridgehead atoms. The zero-order valence-electron chi connectivity index (χ0n) is 8.40. The number of hydrogen-bond acceptors (Lipinski definition) is 4. The Kier molecular flexibility index (Phi) is 2.10. The van der Waals surface area contributed by atoms with Gasteiger partial charge in [0.25, 0.3) is 0 Å². The van der Waals surface area contributed by atoms with E-state index in [1.165, 1.54) is 12.8 Å². The average molecular weight is 203 g/mol. The van der Waals surface area contributed by atoms with Crippen LogP contribution >= 0.6 is 0 Å². The maximum atomic E-state index is 4.44. The van der Waals surface area contributed by atoms with Crippen LogP contribution in [0.1, 0.15) is 31.1 Å². The molecular weight excluding hydrogens is 190 g/mol. The van der Waals surface area contributed by atoms with Gasteiger partial charge in [0.2, 0.25) is 0 Å². The van der Waals surface area contributed by atoms with Gasteiger partial charge in [-0.05, 0) is 25.5 Å². The van der Waals surface area contributed by atoms with Gasteiger partial charge in [0.05, 0.1) is 17.8 Å². The summed E-state index contributed by atoms with van der Waals surface area (Å²) in [6.45, 7) is 1.08. The van der Waals surface area contributed by atoms with E-state index in [1.807, 2.05) is 6.07 Å². The largest absolute Gasteiger partial charge is 0.339 e. The monoisotopic (exact) mass is 203 g/mol. The van der Waals surface area contributed by atoms with Crippen LogP contribution in [0.2, 0.25) is 0 Å². The maximum Gasteiger partial charge on any atom is 0.199 e. The summed E-state index contributed by atoms with van der Waals surface area (Å²) in [7, 11) is 0. The Morgan fingerprint density at radius 2 is 2.33 bits per heavy atom. The number of hydrogen-bond donors (Lipinski definition) is 2. The number of nitrogens with one attached hydrogen (secondary N) is 2. The minimum atomic E-state index is 0.355. The van der Waals surface area contributed by atoms with Crippen molar-refractivity contribution in [2.45, 2.75) is 25.3 Å². The number of aromatic nitrogens is 4. The normalized spacial score (nSPS) is 22.0. The first kappa shape index (κ1) is 8.79. The fourth-order valence-electron chi connectivity index (χ4n) is 2.03. The highest BCUT2D eigenvalue weighted by atomic mass is 15.2. The van der Waals surface area contributed by atoms with Crippen LogP contribution in [0.4, 0.5) is 0 Å². The van der Waals surface area contributed by atoms with E-state index in [9.17, 15) is 0 Å². The van der Waals surface area contributed by atoms with Gasteiger partial charge >= 0.3 is 0 Å². The maximum absolute atomic E-state index is 4.44. The molecular formula is C10H13N5. The molecule has 0 radical (unpaired) electrons. The average Bonchev–Trinajstić information content (AvgIpc) is 2.74. The van der Waals surface area contributed by atoms with Crippen molar-refractivity contribution in [1.82, 2.24) is 25.5 Å². The first-order valence-electron chi connectivity index (χ1n) is 5.34. The topological polar surface area (TPSA) is 66.5 Å². The predicted molar refractivity (Wildman–Crippen MR) is 56.3 cm³/mol. The van der Waals surface area contributed by atoms with E-state index in [0.29, 0.717) is 11.7 Å². The van der Waals surface area contributed by atoms with Crippen molar-refractivity contribution in [3.63, 3.8) is 0 Å². The lowest BCUT2D eigenvalue weighted by molar-refractivity contribution is 0.400. The zero-order valence-corrected chi connectivity index (χ0v) is 8.40. The molecule has 0 saturated carbocycles. The van der Waals surface area contributed by atoms with Crippen LogP contribution < -0.4 is 5.32 Å². The van der Waals surface area contributed by atoms with Crippen LogP contribution in [0, 0.1) is 0 Å². The van der Waals surface area contributed by atoms with Crippen molar-refractivity contribution in [2.75, 3.05) is 6.54 Å². The fourth-order valence-corrected chi connectivity index (χ4v) is 2.03. The van der Waals surface area contributed by atoms with Crippen LogP contribution in [-0.4, -0.2) is 26.7 Å².